The van der Waals surface area contributed by atoms with Crippen LogP contribution in [0, 0.1) is 0 Å². The monoisotopic (exact) mass is 291 g/mol. The number of hydrogen-bond acceptors (Lipinski definition) is 2. The Balaban J connectivity index is 2.35. The minimum absolute atomic E-state index is 0.0476. The SMILES string of the molecule is CCCCCCCOc1ccc(C(=O)NC(C)(C)C)cc1. The first kappa shape index (κ1) is 17.5. The van der Waals surface area contributed by atoms with Gasteiger partial charge in [0.2, 0.25) is 0 Å². The Morgan fingerprint density at radius 1 is 1.05 bits per heavy atom. The molecule has 1 amide bonds. The Morgan fingerprint density at radius 3 is 2.24 bits per heavy atom. The topological polar surface area (TPSA) is 38.3 Å². The van der Waals surface area contributed by atoms with Gasteiger partial charge in [-0.05, 0) is 51.5 Å². The highest BCUT2D eigenvalue weighted by Crippen LogP contribution is 2.14. The van der Waals surface area contributed by atoms with E-state index in [1.54, 1.807) is 0 Å². The number of hydrogen-bond donors (Lipinski definition) is 1. The predicted molar refractivity (Wildman–Crippen MR) is 87.9 cm³/mol. The molecule has 0 atom stereocenters. The van der Waals surface area contributed by atoms with Crippen molar-refractivity contribution in [2.24, 2.45) is 0 Å². The average molecular weight is 291 g/mol. The van der Waals surface area contributed by atoms with E-state index in [0.29, 0.717) is 5.56 Å². The molecule has 3 heteroatoms. The second-order valence-electron chi connectivity index (χ2n) is 6.49. The number of nitrogens with one attached hydrogen (secondary N) is 1. The predicted octanol–water partition coefficient (Wildman–Crippen LogP) is 4.56. The van der Waals surface area contributed by atoms with Gasteiger partial charge in [0.25, 0.3) is 5.91 Å². The molecule has 21 heavy (non-hydrogen) atoms. The van der Waals surface area contributed by atoms with Crippen LogP contribution in [0.4, 0.5) is 0 Å². The van der Waals surface area contributed by atoms with Crippen LogP contribution < -0.4 is 10.1 Å². The molecule has 1 aromatic carbocycles. The molecule has 0 aliphatic rings. The molecule has 0 bridgehead atoms. The minimum Gasteiger partial charge on any atom is -0.494 e. The van der Waals surface area contributed by atoms with Crippen LogP contribution in [0.3, 0.4) is 0 Å². The Morgan fingerprint density at radius 2 is 1.67 bits per heavy atom. The van der Waals surface area contributed by atoms with Crippen molar-refractivity contribution in [1.29, 1.82) is 0 Å². The molecule has 0 aliphatic heterocycles. The first-order chi connectivity index (χ1) is 9.92. The Hall–Kier alpha value is -1.51. The molecular formula is C18H29NO2. The van der Waals surface area contributed by atoms with Crippen molar-refractivity contribution in [3.05, 3.63) is 29.8 Å². The van der Waals surface area contributed by atoms with E-state index in [1.165, 1.54) is 25.7 Å². The van der Waals surface area contributed by atoms with E-state index in [0.717, 1.165) is 18.8 Å². The third-order valence-corrected chi connectivity index (χ3v) is 3.12. The summed E-state index contributed by atoms with van der Waals surface area (Å²) in [6, 6.07) is 7.36. The number of benzene rings is 1. The number of rotatable bonds is 8. The maximum atomic E-state index is 12.0. The van der Waals surface area contributed by atoms with Gasteiger partial charge in [-0.15, -0.1) is 0 Å². The van der Waals surface area contributed by atoms with E-state index >= 15 is 0 Å². The molecule has 1 rings (SSSR count). The fraction of sp³-hybridized carbons (Fsp3) is 0.611. The molecular weight excluding hydrogens is 262 g/mol. The Bertz CT molecular complexity index is 418. The normalized spacial score (nSPS) is 11.2. The molecule has 1 aromatic rings. The highest BCUT2D eigenvalue weighted by atomic mass is 16.5. The molecule has 0 unspecified atom stereocenters. The third kappa shape index (κ3) is 7.74. The third-order valence-electron chi connectivity index (χ3n) is 3.12. The molecule has 3 nitrogen and oxygen atoms in total. The summed E-state index contributed by atoms with van der Waals surface area (Å²) in [5.41, 5.74) is 0.449. The quantitative estimate of drug-likeness (QED) is 0.713. The molecule has 0 saturated carbocycles. The lowest BCUT2D eigenvalue weighted by Crippen LogP contribution is -2.40. The molecule has 0 spiro atoms. The van der Waals surface area contributed by atoms with Crippen LogP contribution in [0.1, 0.15) is 70.2 Å². The van der Waals surface area contributed by atoms with Gasteiger partial charge in [-0.2, -0.15) is 0 Å². The summed E-state index contributed by atoms with van der Waals surface area (Å²) in [5.74, 6) is 0.784. The van der Waals surface area contributed by atoms with Crippen molar-refractivity contribution >= 4 is 5.91 Å². The fourth-order valence-electron chi connectivity index (χ4n) is 2.01. The van der Waals surface area contributed by atoms with Gasteiger partial charge < -0.3 is 10.1 Å². The zero-order valence-corrected chi connectivity index (χ0v) is 13.9. The zero-order chi connectivity index (χ0) is 15.7. The van der Waals surface area contributed by atoms with Gasteiger partial charge in [-0.3, -0.25) is 4.79 Å². The summed E-state index contributed by atoms with van der Waals surface area (Å²) >= 11 is 0. The Labute approximate surface area is 129 Å². The molecule has 1 N–H and O–H groups in total. The molecule has 0 fully saturated rings. The summed E-state index contributed by atoms with van der Waals surface area (Å²) in [5, 5.41) is 2.95. The first-order valence-corrected chi connectivity index (χ1v) is 7.98. The lowest BCUT2D eigenvalue weighted by Gasteiger charge is -2.20. The van der Waals surface area contributed by atoms with Gasteiger partial charge in [0.1, 0.15) is 5.75 Å². The first-order valence-electron chi connectivity index (χ1n) is 7.98. The second kappa shape index (κ2) is 8.71. The van der Waals surface area contributed by atoms with E-state index in [4.69, 9.17) is 4.74 Å². The number of carbonyl (C=O) groups excluding carboxylic acids is 1. The standard InChI is InChI=1S/C18H29NO2/c1-5-6-7-8-9-14-21-16-12-10-15(11-13-16)17(20)19-18(2,3)4/h10-13H,5-9,14H2,1-4H3,(H,19,20). The highest BCUT2D eigenvalue weighted by Gasteiger charge is 2.14. The zero-order valence-electron chi connectivity index (χ0n) is 13.9. The summed E-state index contributed by atoms with van der Waals surface area (Å²) in [7, 11) is 0. The molecule has 0 saturated heterocycles. The van der Waals surface area contributed by atoms with Crippen molar-refractivity contribution < 1.29 is 9.53 Å². The minimum atomic E-state index is -0.218. The number of unbranched alkanes of at least 4 members (excludes halogenated alkanes) is 4. The number of amides is 1. The fourth-order valence-corrected chi connectivity index (χ4v) is 2.01. The molecule has 0 aliphatic carbocycles. The summed E-state index contributed by atoms with van der Waals surface area (Å²) < 4.78 is 5.69. The maximum Gasteiger partial charge on any atom is 0.251 e. The van der Waals surface area contributed by atoms with Gasteiger partial charge >= 0.3 is 0 Å². The van der Waals surface area contributed by atoms with Crippen molar-refractivity contribution in [3.8, 4) is 5.75 Å². The van der Waals surface area contributed by atoms with E-state index < -0.39 is 0 Å². The maximum absolute atomic E-state index is 12.0. The summed E-state index contributed by atoms with van der Waals surface area (Å²) in [6.07, 6.45) is 6.16. The molecule has 118 valence electrons. The summed E-state index contributed by atoms with van der Waals surface area (Å²) in [6.45, 7) is 8.88. The van der Waals surface area contributed by atoms with E-state index in [2.05, 4.69) is 12.2 Å². The van der Waals surface area contributed by atoms with Crippen molar-refractivity contribution in [2.45, 2.75) is 65.3 Å². The van der Waals surface area contributed by atoms with Crippen molar-refractivity contribution in [2.75, 3.05) is 6.61 Å². The molecule has 0 heterocycles. The smallest absolute Gasteiger partial charge is 0.251 e. The Kier molecular flexibility index (Phi) is 7.27. The summed E-state index contributed by atoms with van der Waals surface area (Å²) in [4.78, 5) is 12.0. The molecule has 0 aromatic heterocycles. The van der Waals surface area contributed by atoms with E-state index in [-0.39, 0.29) is 11.4 Å². The molecule has 0 radical (unpaired) electrons. The van der Waals surface area contributed by atoms with Gasteiger partial charge in [-0.25, -0.2) is 0 Å². The second-order valence-corrected chi connectivity index (χ2v) is 6.49. The van der Waals surface area contributed by atoms with E-state index in [9.17, 15) is 4.79 Å². The largest absolute Gasteiger partial charge is 0.494 e. The van der Waals surface area contributed by atoms with Gasteiger partial charge in [0.15, 0.2) is 0 Å². The number of carbonyl (C=O) groups is 1. The van der Waals surface area contributed by atoms with Crippen LogP contribution in [-0.2, 0) is 0 Å². The van der Waals surface area contributed by atoms with Crippen LogP contribution in [0.5, 0.6) is 5.75 Å². The lowest BCUT2D eigenvalue weighted by molar-refractivity contribution is 0.0919. The van der Waals surface area contributed by atoms with Gasteiger partial charge in [0.05, 0.1) is 6.61 Å². The highest BCUT2D eigenvalue weighted by molar-refractivity contribution is 5.94. The van der Waals surface area contributed by atoms with Crippen LogP contribution >= 0.6 is 0 Å². The van der Waals surface area contributed by atoms with Crippen molar-refractivity contribution in [3.63, 3.8) is 0 Å². The van der Waals surface area contributed by atoms with Crippen molar-refractivity contribution in [1.82, 2.24) is 5.32 Å². The lowest BCUT2D eigenvalue weighted by atomic mass is 10.1. The van der Waals surface area contributed by atoms with Gasteiger partial charge in [0, 0.05) is 11.1 Å². The van der Waals surface area contributed by atoms with E-state index in [1.807, 2.05) is 45.0 Å². The van der Waals surface area contributed by atoms with Crippen LogP contribution in [0.2, 0.25) is 0 Å². The van der Waals surface area contributed by atoms with Gasteiger partial charge in [-0.1, -0.05) is 32.6 Å². The van der Waals surface area contributed by atoms with Crippen LogP contribution in [0.25, 0.3) is 0 Å². The van der Waals surface area contributed by atoms with Crippen LogP contribution in [0.15, 0.2) is 24.3 Å². The average Bonchev–Trinajstić information content (AvgIpc) is 2.41. The van der Waals surface area contributed by atoms with Crippen LogP contribution in [-0.4, -0.2) is 18.1 Å². The number of ether oxygens (including phenoxy) is 1.